The number of hydrogen-bond donors (Lipinski definition) is 2. The number of ether oxygens (including phenoxy) is 2. The third-order valence-electron chi connectivity index (χ3n) is 4.82. The number of rotatable bonds is 2. The molecule has 0 aliphatic carbocycles. The summed E-state index contributed by atoms with van der Waals surface area (Å²) in [6.45, 7) is 8.62. The van der Waals surface area contributed by atoms with Crippen molar-refractivity contribution < 1.29 is 14.3 Å². The fourth-order valence-corrected chi connectivity index (χ4v) is 5.17. The van der Waals surface area contributed by atoms with E-state index < -0.39 is 0 Å². The van der Waals surface area contributed by atoms with Crippen LogP contribution in [0.25, 0.3) is 0 Å². The van der Waals surface area contributed by atoms with E-state index in [0.717, 1.165) is 16.9 Å². The smallest absolute Gasteiger partial charge is 0.256 e. The lowest BCUT2D eigenvalue weighted by Crippen LogP contribution is -2.54. The van der Waals surface area contributed by atoms with Gasteiger partial charge in [-0.3, -0.25) is 4.79 Å². The first-order chi connectivity index (χ1) is 12.7. The van der Waals surface area contributed by atoms with Gasteiger partial charge in [-0.2, -0.15) is 5.26 Å². The Hall–Kier alpha value is -2.56. The van der Waals surface area contributed by atoms with Gasteiger partial charge in [0.1, 0.15) is 11.1 Å². The van der Waals surface area contributed by atoms with Crippen LogP contribution in [0.2, 0.25) is 0 Å². The molecule has 0 saturated carbocycles. The van der Waals surface area contributed by atoms with Gasteiger partial charge in [0.25, 0.3) is 5.91 Å². The predicted molar refractivity (Wildman–Crippen MR) is 103 cm³/mol. The molecular weight excluding hydrogens is 362 g/mol. The maximum absolute atomic E-state index is 12.8. The van der Waals surface area contributed by atoms with Crippen molar-refractivity contribution in [1.82, 2.24) is 5.32 Å². The van der Waals surface area contributed by atoms with Crippen molar-refractivity contribution in [2.24, 2.45) is 0 Å². The highest BCUT2D eigenvalue weighted by atomic mass is 32.1. The molecule has 1 aromatic carbocycles. The Morgan fingerprint density at radius 1 is 1.26 bits per heavy atom. The van der Waals surface area contributed by atoms with Gasteiger partial charge in [0, 0.05) is 21.5 Å². The fourth-order valence-electron chi connectivity index (χ4n) is 3.95. The normalized spacial score (nSPS) is 18.5. The summed E-state index contributed by atoms with van der Waals surface area (Å²) in [5.74, 6) is 0.917. The van der Waals surface area contributed by atoms with Crippen LogP contribution in [-0.4, -0.2) is 18.2 Å². The zero-order valence-corrected chi connectivity index (χ0v) is 16.5. The summed E-state index contributed by atoms with van der Waals surface area (Å²) < 4.78 is 10.6. The molecule has 0 fully saturated rings. The molecule has 1 amide bonds. The molecule has 0 saturated heterocycles. The van der Waals surface area contributed by atoms with E-state index in [1.165, 1.54) is 11.3 Å². The van der Waals surface area contributed by atoms with Crippen LogP contribution in [-0.2, 0) is 12.0 Å². The molecule has 0 spiro atoms. The average molecular weight is 383 g/mol. The molecule has 2 aromatic rings. The van der Waals surface area contributed by atoms with Gasteiger partial charge in [-0.25, -0.2) is 0 Å². The number of anilines is 1. The number of carbonyl (C=O) groups is 1. The van der Waals surface area contributed by atoms with Crippen LogP contribution in [0.1, 0.15) is 54.1 Å². The van der Waals surface area contributed by atoms with E-state index in [1.54, 1.807) is 18.2 Å². The molecule has 0 unspecified atom stereocenters. The standard InChI is InChI=1S/C20H21N3O3S/c1-19(2)8-12-13(9-21)18(27-16(12)20(3,4)23-19)22-17(24)11-5-6-14-15(7-11)26-10-25-14/h5-7,23H,8,10H2,1-4H3,(H,22,24). The van der Waals surface area contributed by atoms with Gasteiger partial charge in [-0.15, -0.1) is 11.3 Å². The second-order valence-corrected chi connectivity index (χ2v) is 9.08. The van der Waals surface area contributed by atoms with E-state index in [1.807, 2.05) is 0 Å². The van der Waals surface area contributed by atoms with Crippen LogP contribution in [0, 0.1) is 11.3 Å². The van der Waals surface area contributed by atoms with Crippen molar-refractivity contribution in [2.75, 3.05) is 12.1 Å². The first-order valence-electron chi connectivity index (χ1n) is 8.77. The number of nitrogens with one attached hydrogen (secondary N) is 2. The monoisotopic (exact) mass is 383 g/mol. The minimum absolute atomic E-state index is 0.123. The highest BCUT2D eigenvalue weighted by Crippen LogP contribution is 2.45. The van der Waals surface area contributed by atoms with Crippen LogP contribution in [0.15, 0.2) is 18.2 Å². The van der Waals surface area contributed by atoms with Crippen molar-refractivity contribution >= 4 is 22.2 Å². The Kier molecular flexibility index (Phi) is 3.95. The Bertz CT molecular complexity index is 985. The number of fused-ring (bicyclic) bond motifs is 2. The zero-order valence-electron chi connectivity index (χ0n) is 15.7. The number of benzene rings is 1. The lowest BCUT2D eigenvalue weighted by Gasteiger charge is -2.42. The van der Waals surface area contributed by atoms with E-state index in [-0.39, 0.29) is 23.8 Å². The molecule has 3 heterocycles. The van der Waals surface area contributed by atoms with Crippen LogP contribution < -0.4 is 20.1 Å². The Balaban J connectivity index is 1.68. The van der Waals surface area contributed by atoms with Crippen molar-refractivity contribution in [3.8, 4) is 17.6 Å². The SMILES string of the molecule is CC1(C)Cc2c(sc(NC(=O)c3ccc4c(c3)OCO4)c2C#N)C(C)(C)N1. The molecule has 27 heavy (non-hydrogen) atoms. The van der Waals surface area contributed by atoms with Gasteiger partial charge in [-0.1, -0.05) is 0 Å². The van der Waals surface area contributed by atoms with Crippen LogP contribution in [0.4, 0.5) is 5.00 Å². The van der Waals surface area contributed by atoms with Crippen LogP contribution in [0.3, 0.4) is 0 Å². The first-order valence-corrected chi connectivity index (χ1v) is 9.58. The summed E-state index contributed by atoms with van der Waals surface area (Å²) in [5, 5.41) is 16.9. The first kappa shape index (κ1) is 17.8. The highest BCUT2D eigenvalue weighted by molar-refractivity contribution is 7.17. The molecule has 0 bridgehead atoms. The summed E-state index contributed by atoms with van der Waals surface area (Å²) in [5.41, 5.74) is 1.66. The van der Waals surface area contributed by atoms with E-state index >= 15 is 0 Å². The summed E-state index contributed by atoms with van der Waals surface area (Å²) in [6.07, 6.45) is 0.741. The molecule has 6 nitrogen and oxygen atoms in total. The van der Waals surface area contributed by atoms with Crippen molar-refractivity contribution in [3.63, 3.8) is 0 Å². The molecule has 2 aliphatic heterocycles. The zero-order chi connectivity index (χ0) is 19.4. The maximum atomic E-state index is 12.8. The van der Waals surface area contributed by atoms with Gasteiger partial charge in [0.2, 0.25) is 6.79 Å². The number of amides is 1. The molecule has 0 atom stereocenters. The summed E-state index contributed by atoms with van der Waals surface area (Å²) in [4.78, 5) is 13.9. The Morgan fingerprint density at radius 3 is 2.74 bits per heavy atom. The lowest BCUT2D eigenvalue weighted by atomic mass is 9.81. The number of nitrogens with zero attached hydrogens (tertiary/aromatic N) is 1. The van der Waals surface area contributed by atoms with Gasteiger partial charge in [-0.05, 0) is 57.9 Å². The van der Waals surface area contributed by atoms with E-state index in [4.69, 9.17) is 9.47 Å². The quantitative estimate of drug-likeness (QED) is 0.825. The van der Waals surface area contributed by atoms with Crippen molar-refractivity contribution in [3.05, 3.63) is 39.8 Å². The van der Waals surface area contributed by atoms with E-state index in [2.05, 4.69) is 44.4 Å². The number of thiophene rings is 1. The molecular formula is C20H21N3O3S. The number of carbonyl (C=O) groups excluding carboxylic acids is 1. The highest BCUT2D eigenvalue weighted by Gasteiger charge is 2.40. The third-order valence-corrected chi connectivity index (χ3v) is 6.29. The molecule has 2 aliphatic rings. The second kappa shape index (κ2) is 5.98. The Morgan fingerprint density at radius 2 is 2.00 bits per heavy atom. The maximum Gasteiger partial charge on any atom is 0.256 e. The molecule has 140 valence electrons. The predicted octanol–water partition coefficient (Wildman–Crippen LogP) is 3.76. The van der Waals surface area contributed by atoms with Crippen molar-refractivity contribution in [2.45, 2.75) is 45.2 Å². The minimum Gasteiger partial charge on any atom is -0.454 e. The van der Waals surface area contributed by atoms with E-state index in [9.17, 15) is 10.1 Å². The minimum atomic E-state index is -0.270. The summed E-state index contributed by atoms with van der Waals surface area (Å²) >= 11 is 1.47. The summed E-state index contributed by atoms with van der Waals surface area (Å²) in [7, 11) is 0. The number of nitriles is 1. The third kappa shape index (κ3) is 3.05. The van der Waals surface area contributed by atoms with Crippen molar-refractivity contribution in [1.29, 1.82) is 5.26 Å². The Labute approximate surface area is 162 Å². The van der Waals surface area contributed by atoms with Gasteiger partial charge < -0.3 is 20.1 Å². The van der Waals surface area contributed by atoms with Gasteiger partial charge >= 0.3 is 0 Å². The average Bonchev–Trinajstić information content (AvgIpc) is 3.16. The van der Waals surface area contributed by atoms with Crippen LogP contribution >= 0.6 is 11.3 Å². The lowest BCUT2D eigenvalue weighted by molar-refractivity contribution is 0.102. The van der Waals surface area contributed by atoms with Gasteiger partial charge in [0.05, 0.1) is 5.56 Å². The molecule has 4 rings (SSSR count). The molecule has 1 aromatic heterocycles. The van der Waals surface area contributed by atoms with E-state index in [0.29, 0.717) is 27.6 Å². The fraction of sp³-hybridized carbons (Fsp3) is 0.400. The topological polar surface area (TPSA) is 83.4 Å². The second-order valence-electron chi connectivity index (χ2n) is 8.06. The molecule has 0 radical (unpaired) electrons. The molecule has 2 N–H and O–H groups in total. The largest absolute Gasteiger partial charge is 0.454 e. The number of hydrogen-bond acceptors (Lipinski definition) is 6. The molecule has 7 heteroatoms. The van der Waals surface area contributed by atoms with Gasteiger partial charge in [0.15, 0.2) is 11.5 Å². The summed E-state index contributed by atoms with van der Waals surface area (Å²) in [6, 6.07) is 7.37. The van der Waals surface area contributed by atoms with Crippen LogP contribution in [0.5, 0.6) is 11.5 Å².